The Labute approximate surface area is 248 Å². The molecule has 1 aliphatic rings. The summed E-state index contributed by atoms with van der Waals surface area (Å²) in [6.07, 6.45) is 0.597. The fourth-order valence-corrected chi connectivity index (χ4v) is 6.04. The summed E-state index contributed by atoms with van der Waals surface area (Å²) in [5.74, 6) is -0.328. The number of aromatic nitrogens is 2. The molecule has 3 atom stereocenters. The molecule has 1 saturated heterocycles. The number of nitrogens with one attached hydrogen (secondary N) is 1. The summed E-state index contributed by atoms with van der Waals surface area (Å²) >= 11 is 0. The Kier molecular flexibility index (Phi) is 10.0. The summed E-state index contributed by atoms with van der Waals surface area (Å²) in [5, 5.41) is 21.7. The van der Waals surface area contributed by atoms with Crippen molar-refractivity contribution in [2.45, 2.75) is 61.7 Å². The lowest BCUT2D eigenvalue weighted by atomic mass is 9.86. The zero-order valence-corrected chi connectivity index (χ0v) is 24.3. The van der Waals surface area contributed by atoms with Crippen molar-refractivity contribution in [1.82, 2.24) is 15.3 Å². The third kappa shape index (κ3) is 7.69. The van der Waals surface area contributed by atoms with E-state index in [2.05, 4.69) is 21.4 Å². The van der Waals surface area contributed by atoms with Crippen LogP contribution in [0.4, 0.5) is 19.1 Å². The highest BCUT2D eigenvalue weighted by Crippen LogP contribution is 2.35. The maximum Gasteiger partial charge on any atom is 0.416 e. The minimum atomic E-state index is -4.42. The second-order valence-corrected chi connectivity index (χ2v) is 12.6. The minimum absolute atomic E-state index is 0.0469. The third-order valence-electron chi connectivity index (χ3n) is 7.67. The zero-order chi connectivity index (χ0) is 31.2. The van der Waals surface area contributed by atoms with Crippen LogP contribution in [0.25, 0.3) is 0 Å². The van der Waals surface area contributed by atoms with E-state index >= 15 is 0 Å². The van der Waals surface area contributed by atoms with Crippen LogP contribution in [0.3, 0.4) is 0 Å². The molecule has 1 unspecified atom stereocenters. The van der Waals surface area contributed by atoms with Gasteiger partial charge in [-0.25, -0.2) is 18.4 Å². The Balaban J connectivity index is 1.48. The van der Waals surface area contributed by atoms with Gasteiger partial charge in [-0.2, -0.15) is 18.4 Å². The van der Waals surface area contributed by atoms with Gasteiger partial charge in [-0.1, -0.05) is 31.2 Å². The van der Waals surface area contributed by atoms with Gasteiger partial charge in [0.2, 0.25) is 5.95 Å². The molecule has 9 nitrogen and oxygen atoms in total. The van der Waals surface area contributed by atoms with Crippen molar-refractivity contribution in [2.24, 2.45) is 0 Å². The molecule has 0 saturated carbocycles. The van der Waals surface area contributed by atoms with Crippen LogP contribution in [0, 0.1) is 11.3 Å². The highest BCUT2D eigenvalue weighted by atomic mass is 32.2. The van der Waals surface area contributed by atoms with Crippen LogP contribution < -0.4 is 10.2 Å². The van der Waals surface area contributed by atoms with Gasteiger partial charge in [-0.05, 0) is 54.7 Å². The summed E-state index contributed by atoms with van der Waals surface area (Å²) < 4.78 is 63.3. The molecule has 1 fully saturated rings. The first-order valence-electron chi connectivity index (χ1n) is 13.8. The lowest BCUT2D eigenvalue weighted by molar-refractivity contribution is -0.137. The molecule has 1 aliphatic heterocycles. The van der Waals surface area contributed by atoms with Gasteiger partial charge in [0, 0.05) is 37.3 Å². The predicted octanol–water partition coefficient (Wildman–Crippen LogP) is 4.81. The van der Waals surface area contributed by atoms with Gasteiger partial charge in [0.05, 0.1) is 40.5 Å². The maximum absolute atomic E-state index is 13.0. The third-order valence-corrected chi connectivity index (χ3v) is 9.42. The first-order valence-corrected chi connectivity index (χ1v) is 15.5. The number of carbonyl (C=O) groups excluding carboxylic acids is 1. The lowest BCUT2D eigenvalue weighted by Crippen LogP contribution is -2.43. The molecule has 2 heterocycles. The summed E-state index contributed by atoms with van der Waals surface area (Å²) in [6.45, 7) is 1.55. The van der Waals surface area contributed by atoms with Crippen LogP contribution in [-0.2, 0) is 16.0 Å². The standard InChI is InChI=1S/C30H32F3N5O4S/c1-2-43(41,42)26-13-8-21(9-14-26)27(19-39)37-28(40)23-16-35-29(36-17-23)38-18-22(7-12-25(38)4-3-15-34)20-5-10-24(11-6-20)30(31,32)33/h5-6,8-11,13-14,16-17,22,25,27,39H,2-4,7,12,18-19H2,1H3,(H,37,40)/t22?,25-,27+/m1/s1. The Morgan fingerprint density at radius 3 is 2.33 bits per heavy atom. The molecule has 1 amide bonds. The van der Waals surface area contributed by atoms with E-state index in [4.69, 9.17) is 5.26 Å². The first kappa shape index (κ1) is 31.9. The van der Waals surface area contributed by atoms with Gasteiger partial charge in [0.1, 0.15) is 0 Å². The van der Waals surface area contributed by atoms with Gasteiger partial charge in [-0.15, -0.1) is 0 Å². The highest BCUT2D eigenvalue weighted by molar-refractivity contribution is 7.91. The van der Waals surface area contributed by atoms with Crippen molar-refractivity contribution in [3.8, 4) is 6.07 Å². The quantitative estimate of drug-likeness (QED) is 0.332. The Morgan fingerprint density at radius 1 is 1.12 bits per heavy atom. The number of hydrogen-bond acceptors (Lipinski definition) is 8. The fraction of sp³-hybridized carbons (Fsp3) is 0.400. The van der Waals surface area contributed by atoms with Crippen molar-refractivity contribution < 1.29 is 31.5 Å². The van der Waals surface area contributed by atoms with Crippen LogP contribution in [0.15, 0.2) is 65.8 Å². The molecule has 13 heteroatoms. The normalized spacial score (nSPS) is 18.1. The maximum atomic E-state index is 13.0. The first-order chi connectivity index (χ1) is 20.5. The van der Waals surface area contributed by atoms with E-state index in [9.17, 15) is 31.5 Å². The number of alkyl halides is 3. The van der Waals surface area contributed by atoms with E-state index in [0.717, 1.165) is 24.1 Å². The average Bonchev–Trinajstić information content (AvgIpc) is 3.02. The molecule has 2 aromatic carbocycles. The lowest BCUT2D eigenvalue weighted by Gasteiger charge is -2.40. The number of hydrogen-bond donors (Lipinski definition) is 2. The van der Waals surface area contributed by atoms with Gasteiger partial charge in [0.25, 0.3) is 5.91 Å². The van der Waals surface area contributed by atoms with Crippen LogP contribution in [0.5, 0.6) is 0 Å². The number of aliphatic hydroxyl groups is 1. The monoisotopic (exact) mass is 615 g/mol. The molecule has 2 N–H and O–H groups in total. The largest absolute Gasteiger partial charge is 0.416 e. The Bertz CT molecular complexity index is 1540. The number of rotatable bonds is 10. The van der Waals surface area contributed by atoms with Crippen molar-refractivity contribution in [1.29, 1.82) is 5.26 Å². The number of sulfone groups is 1. The van der Waals surface area contributed by atoms with Crippen molar-refractivity contribution >= 4 is 21.7 Å². The molecule has 1 aromatic heterocycles. The Morgan fingerprint density at radius 2 is 1.77 bits per heavy atom. The SMILES string of the molecule is CCS(=O)(=O)c1ccc([C@H](CO)NC(=O)c2cnc(N3CC(c4ccc(C(F)(F)F)cc4)CC[C@H]3CCC#N)nc2)cc1. The van der Waals surface area contributed by atoms with E-state index < -0.39 is 40.1 Å². The molecule has 4 rings (SSSR count). The molecular formula is C30H32F3N5O4S. The van der Waals surface area contributed by atoms with E-state index in [-0.39, 0.29) is 28.2 Å². The van der Waals surface area contributed by atoms with Crippen LogP contribution in [-0.4, -0.2) is 54.3 Å². The molecule has 43 heavy (non-hydrogen) atoms. The summed E-state index contributed by atoms with van der Waals surface area (Å²) in [6, 6.07) is 12.4. The second-order valence-electron chi connectivity index (χ2n) is 10.3. The number of piperidine rings is 1. The number of carbonyl (C=O) groups is 1. The molecular weight excluding hydrogens is 583 g/mol. The smallest absolute Gasteiger partial charge is 0.394 e. The zero-order valence-electron chi connectivity index (χ0n) is 23.5. The molecule has 0 bridgehead atoms. The summed E-state index contributed by atoms with van der Waals surface area (Å²) in [7, 11) is -3.39. The summed E-state index contributed by atoms with van der Waals surface area (Å²) in [5.41, 5.74) is 0.713. The number of aliphatic hydroxyl groups excluding tert-OH is 1. The second kappa shape index (κ2) is 13.5. The van der Waals surface area contributed by atoms with E-state index in [0.29, 0.717) is 37.3 Å². The summed E-state index contributed by atoms with van der Waals surface area (Å²) in [4.78, 5) is 23.9. The van der Waals surface area contributed by atoms with E-state index in [1.165, 1.54) is 48.8 Å². The van der Waals surface area contributed by atoms with Crippen LogP contribution in [0.1, 0.15) is 71.6 Å². The molecule has 0 spiro atoms. The number of nitriles is 1. The highest BCUT2D eigenvalue weighted by Gasteiger charge is 2.33. The number of nitrogens with zero attached hydrogens (tertiary/aromatic N) is 4. The van der Waals surface area contributed by atoms with Gasteiger partial charge in [0.15, 0.2) is 9.84 Å². The predicted molar refractivity (Wildman–Crippen MR) is 153 cm³/mol. The van der Waals surface area contributed by atoms with Crippen molar-refractivity contribution in [3.05, 3.63) is 83.2 Å². The molecule has 0 radical (unpaired) electrons. The van der Waals surface area contributed by atoms with Gasteiger partial charge >= 0.3 is 6.18 Å². The van der Waals surface area contributed by atoms with Gasteiger partial charge in [-0.3, -0.25) is 4.79 Å². The van der Waals surface area contributed by atoms with Gasteiger partial charge < -0.3 is 15.3 Å². The van der Waals surface area contributed by atoms with Crippen molar-refractivity contribution in [2.75, 3.05) is 23.8 Å². The van der Waals surface area contributed by atoms with Crippen molar-refractivity contribution in [3.63, 3.8) is 0 Å². The van der Waals surface area contributed by atoms with E-state index in [1.54, 1.807) is 6.92 Å². The molecule has 228 valence electrons. The van der Waals surface area contributed by atoms with Crippen LogP contribution in [0.2, 0.25) is 0 Å². The number of amides is 1. The number of benzene rings is 2. The minimum Gasteiger partial charge on any atom is -0.394 e. The number of halogens is 3. The van der Waals surface area contributed by atoms with Crippen LogP contribution >= 0.6 is 0 Å². The Hall–Kier alpha value is -4.02. The number of anilines is 1. The fourth-order valence-electron chi connectivity index (χ4n) is 5.16. The van der Waals surface area contributed by atoms with E-state index in [1.807, 2.05) is 4.90 Å². The topological polar surface area (TPSA) is 136 Å². The average molecular weight is 616 g/mol. The molecule has 0 aliphatic carbocycles. The molecule has 3 aromatic rings.